The average molecular weight is 252 g/mol. The quantitative estimate of drug-likeness (QED) is 0.738. The molecule has 18 heavy (non-hydrogen) atoms. The summed E-state index contributed by atoms with van der Waals surface area (Å²) in [6, 6.07) is 0. The van der Waals surface area contributed by atoms with Crippen LogP contribution < -0.4 is 5.32 Å². The topological polar surface area (TPSA) is 66.5 Å². The number of hydrogen-bond acceptors (Lipinski definition) is 3. The van der Waals surface area contributed by atoms with Crippen molar-refractivity contribution in [1.29, 1.82) is 0 Å². The number of rotatable bonds is 5. The van der Waals surface area contributed by atoms with Crippen LogP contribution >= 0.6 is 0 Å². The maximum atomic E-state index is 11.5. The number of carbonyl (C=O) groups is 3. The fourth-order valence-corrected chi connectivity index (χ4v) is 1.53. The van der Waals surface area contributed by atoms with Crippen molar-refractivity contribution in [1.82, 2.24) is 10.2 Å². The molecule has 0 aromatic rings. The molecule has 5 heteroatoms. The Labute approximate surface area is 107 Å². The van der Waals surface area contributed by atoms with Crippen LogP contribution in [0, 0.1) is 5.41 Å². The number of nitrogens with one attached hydrogen (secondary N) is 1. The van der Waals surface area contributed by atoms with Crippen molar-refractivity contribution < 1.29 is 14.4 Å². The third-order valence-electron chi connectivity index (χ3n) is 2.66. The molecule has 0 bridgehead atoms. The van der Waals surface area contributed by atoms with Crippen LogP contribution in [0.5, 0.6) is 0 Å². The maximum absolute atomic E-state index is 11.5. The van der Waals surface area contributed by atoms with Crippen molar-refractivity contribution in [2.45, 2.75) is 33.6 Å². The molecule has 100 valence electrons. The highest BCUT2D eigenvalue weighted by atomic mass is 16.2. The number of imide groups is 1. The van der Waals surface area contributed by atoms with Crippen LogP contribution in [-0.2, 0) is 14.4 Å². The molecule has 1 aliphatic rings. The van der Waals surface area contributed by atoms with Crippen LogP contribution in [0.3, 0.4) is 0 Å². The fourth-order valence-electron chi connectivity index (χ4n) is 1.53. The second-order valence-electron chi connectivity index (χ2n) is 5.57. The van der Waals surface area contributed by atoms with Crippen molar-refractivity contribution in [2.24, 2.45) is 5.41 Å². The Kier molecular flexibility index (Phi) is 4.64. The number of carbonyl (C=O) groups excluding carboxylic acids is 3. The Morgan fingerprint density at radius 3 is 2.28 bits per heavy atom. The molecule has 1 aliphatic heterocycles. The molecule has 0 saturated heterocycles. The molecule has 0 saturated carbocycles. The molecule has 1 heterocycles. The molecule has 0 aliphatic carbocycles. The van der Waals surface area contributed by atoms with Crippen molar-refractivity contribution in [2.75, 3.05) is 13.1 Å². The first-order chi connectivity index (χ1) is 8.29. The lowest BCUT2D eigenvalue weighted by Gasteiger charge is -2.18. The third-order valence-corrected chi connectivity index (χ3v) is 2.66. The first-order valence-corrected chi connectivity index (χ1v) is 6.10. The summed E-state index contributed by atoms with van der Waals surface area (Å²) in [5.41, 5.74) is 0.179. The summed E-state index contributed by atoms with van der Waals surface area (Å²) in [5.74, 6) is -0.822. The highest BCUT2D eigenvalue weighted by molar-refractivity contribution is 6.13. The minimum absolute atomic E-state index is 0.133. The van der Waals surface area contributed by atoms with E-state index in [0.29, 0.717) is 6.54 Å². The summed E-state index contributed by atoms with van der Waals surface area (Å²) in [7, 11) is 0. The van der Waals surface area contributed by atoms with E-state index < -0.39 is 0 Å². The van der Waals surface area contributed by atoms with E-state index in [9.17, 15) is 14.4 Å². The van der Waals surface area contributed by atoms with Crippen LogP contribution in [0.25, 0.3) is 0 Å². The molecular formula is C13H20N2O3. The van der Waals surface area contributed by atoms with E-state index in [1.165, 1.54) is 12.2 Å². The van der Waals surface area contributed by atoms with Gasteiger partial charge in [0.25, 0.3) is 11.8 Å². The lowest BCUT2D eigenvalue weighted by Crippen LogP contribution is -2.35. The zero-order valence-corrected chi connectivity index (χ0v) is 11.2. The van der Waals surface area contributed by atoms with Crippen molar-refractivity contribution >= 4 is 17.7 Å². The van der Waals surface area contributed by atoms with Gasteiger partial charge in [0.1, 0.15) is 0 Å². The van der Waals surface area contributed by atoms with Crippen LogP contribution in [0.15, 0.2) is 12.2 Å². The molecule has 5 nitrogen and oxygen atoms in total. The highest BCUT2D eigenvalue weighted by Gasteiger charge is 2.23. The van der Waals surface area contributed by atoms with Crippen molar-refractivity contribution in [3.63, 3.8) is 0 Å². The van der Waals surface area contributed by atoms with Gasteiger partial charge in [-0.2, -0.15) is 0 Å². The second-order valence-corrected chi connectivity index (χ2v) is 5.57. The number of nitrogens with zero attached hydrogens (tertiary/aromatic N) is 1. The van der Waals surface area contributed by atoms with Gasteiger partial charge in [0.15, 0.2) is 0 Å². The van der Waals surface area contributed by atoms with E-state index in [0.717, 1.165) is 11.3 Å². The molecule has 0 unspecified atom stereocenters. The van der Waals surface area contributed by atoms with E-state index in [1.807, 2.05) is 0 Å². The standard InChI is InChI=1S/C13H20N2O3/c1-13(2,3)7-8-14-10(16)6-9-15-11(17)4-5-12(15)18/h4-5H,6-9H2,1-3H3,(H,14,16). The second kappa shape index (κ2) is 5.80. The minimum Gasteiger partial charge on any atom is -0.356 e. The average Bonchev–Trinajstić information content (AvgIpc) is 2.54. The summed E-state index contributed by atoms with van der Waals surface area (Å²) in [4.78, 5) is 35.0. The third kappa shape index (κ3) is 4.69. The first kappa shape index (κ1) is 14.4. The Balaban J connectivity index is 2.22. The van der Waals surface area contributed by atoms with Gasteiger partial charge in [-0.15, -0.1) is 0 Å². The van der Waals surface area contributed by atoms with Crippen LogP contribution in [0.4, 0.5) is 0 Å². The van der Waals surface area contributed by atoms with Crippen molar-refractivity contribution in [3.05, 3.63) is 12.2 Å². The van der Waals surface area contributed by atoms with Gasteiger partial charge < -0.3 is 5.32 Å². The molecule has 0 fully saturated rings. The van der Waals surface area contributed by atoms with E-state index in [4.69, 9.17) is 0 Å². The van der Waals surface area contributed by atoms with Gasteiger partial charge in [-0.1, -0.05) is 20.8 Å². The van der Waals surface area contributed by atoms with Gasteiger partial charge in [-0.3, -0.25) is 19.3 Å². The summed E-state index contributed by atoms with van der Waals surface area (Å²) >= 11 is 0. The molecular weight excluding hydrogens is 232 g/mol. The largest absolute Gasteiger partial charge is 0.356 e. The Morgan fingerprint density at radius 1 is 1.22 bits per heavy atom. The Bertz CT molecular complexity index is 362. The summed E-state index contributed by atoms with van der Waals surface area (Å²) < 4.78 is 0. The molecule has 1 N–H and O–H groups in total. The van der Waals surface area contributed by atoms with Gasteiger partial charge in [0, 0.05) is 31.7 Å². The molecule has 1 rings (SSSR count). The molecule has 3 amide bonds. The molecule has 0 radical (unpaired) electrons. The zero-order valence-electron chi connectivity index (χ0n) is 11.2. The van der Waals surface area contributed by atoms with E-state index >= 15 is 0 Å². The SMILES string of the molecule is CC(C)(C)CCNC(=O)CCN1C(=O)C=CC1=O. The lowest BCUT2D eigenvalue weighted by atomic mass is 9.92. The Morgan fingerprint density at radius 2 is 1.78 bits per heavy atom. The van der Waals surface area contributed by atoms with Gasteiger partial charge in [0.2, 0.25) is 5.91 Å². The van der Waals surface area contributed by atoms with Gasteiger partial charge in [0.05, 0.1) is 0 Å². The van der Waals surface area contributed by atoms with Crippen LogP contribution in [0.2, 0.25) is 0 Å². The predicted octanol–water partition coefficient (Wildman–Crippen LogP) is 0.854. The van der Waals surface area contributed by atoms with Gasteiger partial charge in [-0.25, -0.2) is 0 Å². The van der Waals surface area contributed by atoms with E-state index in [-0.39, 0.29) is 36.1 Å². The van der Waals surface area contributed by atoms with E-state index in [1.54, 1.807) is 0 Å². The smallest absolute Gasteiger partial charge is 0.253 e. The highest BCUT2D eigenvalue weighted by Crippen LogP contribution is 2.16. The molecule has 0 spiro atoms. The summed E-state index contributed by atoms with van der Waals surface area (Å²) in [5, 5.41) is 2.78. The number of hydrogen-bond donors (Lipinski definition) is 1. The lowest BCUT2D eigenvalue weighted by molar-refractivity contribution is -0.137. The fraction of sp³-hybridized carbons (Fsp3) is 0.615. The number of amides is 3. The Hall–Kier alpha value is -1.65. The van der Waals surface area contributed by atoms with Crippen LogP contribution in [0.1, 0.15) is 33.6 Å². The monoisotopic (exact) mass is 252 g/mol. The molecule has 0 atom stereocenters. The zero-order chi connectivity index (χ0) is 13.8. The molecule has 0 aromatic carbocycles. The summed E-state index contributed by atoms with van der Waals surface area (Å²) in [6.45, 7) is 7.07. The van der Waals surface area contributed by atoms with Crippen molar-refractivity contribution in [3.8, 4) is 0 Å². The van der Waals surface area contributed by atoms with E-state index in [2.05, 4.69) is 26.1 Å². The molecule has 0 aromatic heterocycles. The first-order valence-electron chi connectivity index (χ1n) is 6.10. The normalized spacial score (nSPS) is 15.4. The van der Waals surface area contributed by atoms with Gasteiger partial charge >= 0.3 is 0 Å². The predicted molar refractivity (Wildman–Crippen MR) is 67.6 cm³/mol. The maximum Gasteiger partial charge on any atom is 0.253 e. The van der Waals surface area contributed by atoms with Crippen LogP contribution in [-0.4, -0.2) is 35.7 Å². The minimum atomic E-state index is -0.345. The van der Waals surface area contributed by atoms with Gasteiger partial charge in [-0.05, 0) is 11.8 Å². The summed E-state index contributed by atoms with van der Waals surface area (Å²) in [6.07, 6.45) is 3.49.